The van der Waals surface area contributed by atoms with Gasteiger partial charge in [0.2, 0.25) is 0 Å². The third-order valence-electron chi connectivity index (χ3n) is 3.09. The molecule has 5 heteroatoms. The van der Waals surface area contributed by atoms with Crippen molar-refractivity contribution in [1.82, 2.24) is 5.32 Å². The van der Waals surface area contributed by atoms with Gasteiger partial charge in [-0.2, -0.15) is 0 Å². The van der Waals surface area contributed by atoms with Gasteiger partial charge < -0.3 is 5.32 Å². The van der Waals surface area contributed by atoms with Crippen LogP contribution in [0.4, 0.5) is 8.78 Å². The summed E-state index contributed by atoms with van der Waals surface area (Å²) in [6.45, 7) is 2.09. The third-order valence-corrected chi connectivity index (χ3v) is 4.24. The predicted molar refractivity (Wildman–Crippen MR) is 83.5 cm³/mol. The standard InChI is InChI=1S/C15H13Br2F2N/c1-9(10-2-4-11(16)5-3-10)20-8-12-14(18)7-6-13(17)15(12)19/h2-7,9,20H,8H2,1H3/t9-/m0/s1. The molecule has 106 valence electrons. The first-order valence-corrected chi connectivity index (χ1v) is 7.69. The molecule has 1 N–H and O–H groups in total. The number of hydrogen-bond acceptors (Lipinski definition) is 1. The highest BCUT2D eigenvalue weighted by Gasteiger charge is 2.13. The highest BCUT2D eigenvalue weighted by atomic mass is 79.9. The summed E-state index contributed by atoms with van der Waals surface area (Å²) in [6, 6.07) is 10.4. The second-order valence-electron chi connectivity index (χ2n) is 4.48. The van der Waals surface area contributed by atoms with Gasteiger partial charge in [0.25, 0.3) is 0 Å². The van der Waals surface area contributed by atoms with Crippen LogP contribution in [0.5, 0.6) is 0 Å². The zero-order valence-corrected chi connectivity index (χ0v) is 13.9. The van der Waals surface area contributed by atoms with Crippen LogP contribution in [0.3, 0.4) is 0 Å². The van der Waals surface area contributed by atoms with E-state index in [1.807, 2.05) is 31.2 Å². The van der Waals surface area contributed by atoms with Gasteiger partial charge in [-0.1, -0.05) is 28.1 Å². The van der Waals surface area contributed by atoms with Crippen molar-refractivity contribution in [3.8, 4) is 0 Å². The second-order valence-corrected chi connectivity index (χ2v) is 6.25. The Morgan fingerprint density at radius 2 is 1.70 bits per heavy atom. The Hall–Kier alpha value is -0.780. The van der Waals surface area contributed by atoms with Crippen molar-refractivity contribution in [2.45, 2.75) is 19.5 Å². The molecule has 0 amide bonds. The molecule has 0 radical (unpaired) electrons. The predicted octanol–water partition coefficient (Wildman–Crippen LogP) is 5.34. The number of benzene rings is 2. The highest BCUT2D eigenvalue weighted by Crippen LogP contribution is 2.23. The monoisotopic (exact) mass is 403 g/mol. The number of rotatable bonds is 4. The molecule has 0 saturated heterocycles. The lowest BCUT2D eigenvalue weighted by molar-refractivity contribution is 0.506. The van der Waals surface area contributed by atoms with Crippen LogP contribution in [-0.2, 0) is 6.54 Å². The summed E-state index contributed by atoms with van der Waals surface area (Å²) in [5.74, 6) is -1.10. The van der Waals surface area contributed by atoms with Crippen LogP contribution in [0.25, 0.3) is 0 Å². The van der Waals surface area contributed by atoms with Gasteiger partial charge in [-0.25, -0.2) is 8.78 Å². The Balaban J connectivity index is 2.09. The van der Waals surface area contributed by atoms with Gasteiger partial charge >= 0.3 is 0 Å². The molecular weight excluding hydrogens is 392 g/mol. The molecule has 20 heavy (non-hydrogen) atoms. The molecule has 0 aromatic heterocycles. The second kappa shape index (κ2) is 6.78. The van der Waals surface area contributed by atoms with E-state index in [1.165, 1.54) is 12.1 Å². The Kier molecular flexibility index (Phi) is 5.29. The van der Waals surface area contributed by atoms with Crippen molar-refractivity contribution in [3.05, 3.63) is 68.1 Å². The fraction of sp³-hybridized carbons (Fsp3) is 0.200. The minimum absolute atomic E-state index is 0.000816. The van der Waals surface area contributed by atoms with Gasteiger partial charge in [-0.15, -0.1) is 0 Å². The summed E-state index contributed by atoms with van der Waals surface area (Å²) in [7, 11) is 0. The maximum Gasteiger partial charge on any atom is 0.144 e. The molecule has 2 rings (SSSR count). The molecule has 0 aliphatic rings. The van der Waals surface area contributed by atoms with E-state index in [9.17, 15) is 8.78 Å². The summed E-state index contributed by atoms with van der Waals surface area (Å²) >= 11 is 6.44. The van der Waals surface area contributed by atoms with Crippen molar-refractivity contribution in [3.63, 3.8) is 0 Å². The molecule has 0 spiro atoms. The Bertz CT molecular complexity index is 600. The van der Waals surface area contributed by atoms with Crippen molar-refractivity contribution >= 4 is 31.9 Å². The van der Waals surface area contributed by atoms with Crippen molar-refractivity contribution in [2.75, 3.05) is 0 Å². The number of hydrogen-bond donors (Lipinski definition) is 1. The summed E-state index contributed by atoms with van der Waals surface area (Å²) in [4.78, 5) is 0. The SMILES string of the molecule is C[C@H](NCc1c(F)ccc(Br)c1F)c1ccc(Br)cc1. The first-order chi connectivity index (χ1) is 9.49. The Labute approximate surface area is 133 Å². The molecule has 0 bridgehead atoms. The topological polar surface area (TPSA) is 12.0 Å². The molecule has 0 saturated carbocycles. The van der Waals surface area contributed by atoms with E-state index >= 15 is 0 Å². The van der Waals surface area contributed by atoms with Crippen molar-refractivity contribution in [1.29, 1.82) is 0 Å². The average molecular weight is 405 g/mol. The smallest absolute Gasteiger partial charge is 0.144 e. The summed E-state index contributed by atoms with van der Waals surface area (Å²) in [5.41, 5.74) is 1.10. The van der Waals surface area contributed by atoms with Gasteiger partial charge in [0, 0.05) is 22.6 Å². The van der Waals surface area contributed by atoms with E-state index < -0.39 is 11.6 Å². The largest absolute Gasteiger partial charge is 0.306 e. The Morgan fingerprint density at radius 3 is 2.35 bits per heavy atom. The molecule has 2 aromatic carbocycles. The maximum atomic E-state index is 13.8. The first kappa shape index (κ1) is 15.6. The molecule has 0 aliphatic heterocycles. The molecule has 0 heterocycles. The van der Waals surface area contributed by atoms with Gasteiger partial charge in [-0.3, -0.25) is 0 Å². The maximum absolute atomic E-state index is 13.8. The summed E-state index contributed by atoms with van der Waals surface area (Å²) in [5, 5.41) is 3.13. The van der Waals surface area contributed by atoms with Gasteiger partial charge in [-0.05, 0) is 52.7 Å². The first-order valence-electron chi connectivity index (χ1n) is 6.10. The lowest BCUT2D eigenvalue weighted by Gasteiger charge is -2.15. The van der Waals surface area contributed by atoms with Crippen LogP contribution >= 0.6 is 31.9 Å². The van der Waals surface area contributed by atoms with E-state index in [2.05, 4.69) is 37.2 Å². The molecule has 1 nitrogen and oxygen atoms in total. The molecule has 1 atom stereocenters. The van der Waals surface area contributed by atoms with E-state index in [-0.39, 0.29) is 22.6 Å². The fourth-order valence-corrected chi connectivity index (χ4v) is 2.49. The van der Waals surface area contributed by atoms with Gasteiger partial charge in [0.15, 0.2) is 0 Å². The van der Waals surface area contributed by atoms with E-state index in [0.29, 0.717) is 0 Å². The quantitative estimate of drug-likeness (QED) is 0.678. The lowest BCUT2D eigenvalue weighted by Crippen LogP contribution is -2.19. The molecule has 0 aliphatic carbocycles. The van der Waals surface area contributed by atoms with E-state index in [0.717, 1.165) is 10.0 Å². The normalized spacial score (nSPS) is 12.4. The fourth-order valence-electron chi connectivity index (χ4n) is 1.86. The van der Waals surface area contributed by atoms with Crippen LogP contribution in [0.15, 0.2) is 45.3 Å². The molecule has 2 aromatic rings. The highest BCUT2D eigenvalue weighted by molar-refractivity contribution is 9.10. The molecular formula is C15H13Br2F2N. The van der Waals surface area contributed by atoms with Gasteiger partial charge in [0.1, 0.15) is 11.6 Å². The van der Waals surface area contributed by atoms with Gasteiger partial charge in [0.05, 0.1) is 4.47 Å². The summed E-state index contributed by atoms with van der Waals surface area (Å²) < 4.78 is 28.7. The van der Waals surface area contributed by atoms with Crippen LogP contribution in [0.2, 0.25) is 0 Å². The number of nitrogens with one attached hydrogen (secondary N) is 1. The minimum atomic E-state index is -0.555. The van der Waals surface area contributed by atoms with Crippen LogP contribution < -0.4 is 5.32 Å². The van der Waals surface area contributed by atoms with E-state index in [4.69, 9.17) is 0 Å². The van der Waals surface area contributed by atoms with Crippen molar-refractivity contribution < 1.29 is 8.78 Å². The average Bonchev–Trinajstić information content (AvgIpc) is 2.43. The lowest BCUT2D eigenvalue weighted by atomic mass is 10.1. The zero-order chi connectivity index (χ0) is 14.7. The molecule has 0 fully saturated rings. The van der Waals surface area contributed by atoms with E-state index in [1.54, 1.807) is 0 Å². The van der Waals surface area contributed by atoms with Crippen molar-refractivity contribution in [2.24, 2.45) is 0 Å². The molecule has 0 unspecified atom stereocenters. The Morgan fingerprint density at radius 1 is 1.05 bits per heavy atom. The van der Waals surface area contributed by atoms with Crippen LogP contribution in [-0.4, -0.2) is 0 Å². The zero-order valence-electron chi connectivity index (χ0n) is 10.8. The summed E-state index contributed by atoms with van der Waals surface area (Å²) in [6.07, 6.45) is 0. The van der Waals surface area contributed by atoms with Crippen LogP contribution in [0.1, 0.15) is 24.1 Å². The number of halogens is 4. The minimum Gasteiger partial charge on any atom is -0.306 e. The van der Waals surface area contributed by atoms with Crippen LogP contribution in [0, 0.1) is 11.6 Å². The third kappa shape index (κ3) is 3.65.